The van der Waals surface area contributed by atoms with E-state index < -0.39 is 6.10 Å². The van der Waals surface area contributed by atoms with Gasteiger partial charge in [0.1, 0.15) is 12.1 Å². The molecule has 0 aliphatic rings. The molecule has 0 saturated carbocycles. The predicted molar refractivity (Wildman–Crippen MR) is 67.1 cm³/mol. The van der Waals surface area contributed by atoms with Gasteiger partial charge in [-0.1, -0.05) is 22.0 Å². The number of aromatic nitrogens is 2. The molecule has 0 spiro atoms. The number of nitrogens with zero attached hydrogens (tertiary/aromatic N) is 2. The van der Waals surface area contributed by atoms with E-state index in [1.54, 1.807) is 19.3 Å². The third-order valence-electron chi connectivity index (χ3n) is 2.22. The standard InChI is InChI=1S/C12H11BrN2O2/c1-9(12(16)15-6-5-14-8-15)17-11-4-2-3-10(13)7-11/h2-9H,1H3. The Balaban J connectivity index is 2.07. The van der Waals surface area contributed by atoms with Crippen molar-refractivity contribution in [1.29, 1.82) is 0 Å². The quantitative estimate of drug-likeness (QED) is 0.874. The van der Waals surface area contributed by atoms with Crippen LogP contribution < -0.4 is 4.74 Å². The van der Waals surface area contributed by atoms with Crippen molar-refractivity contribution < 1.29 is 9.53 Å². The van der Waals surface area contributed by atoms with Crippen LogP contribution in [0.2, 0.25) is 0 Å². The van der Waals surface area contributed by atoms with Crippen LogP contribution in [0, 0.1) is 0 Å². The van der Waals surface area contributed by atoms with Crippen LogP contribution in [0.5, 0.6) is 5.75 Å². The molecule has 2 aromatic rings. The largest absolute Gasteiger partial charge is 0.481 e. The molecule has 0 aliphatic carbocycles. The minimum atomic E-state index is -0.557. The highest BCUT2D eigenvalue weighted by molar-refractivity contribution is 9.10. The van der Waals surface area contributed by atoms with Crippen molar-refractivity contribution in [2.75, 3.05) is 0 Å². The van der Waals surface area contributed by atoms with Gasteiger partial charge in [0.25, 0.3) is 5.91 Å². The van der Waals surface area contributed by atoms with E-state index in [1.807, 2.05) is 24.3 Å². The number of benzene rings is 1. The Labute approximate surface area is 107 Å². The summed E-state index contributed by atoms with van der Waals surface area (Å²) in [7, 11) is 0. The maximum atomic E-state index is 11.9. The number of halogens is 1. The highest BCUT2D eigenvalue weighted by Crippen LogP contribution is 2.19. The molecule has 2 rings (SSSR count). The second-order valence-electron chi connectivity index (χ2n) is 3.53. The Morgan fingerprint density at radius 1 is 1.53 bits per heavy atom. The molecule has 0 N–H and O–H groups in total. The molecule has 0 fully saturated rings. The first kappa shape index (κ1) is 11.9. The lowest BCUT2D eigenvalue weighted by Crippen LogP contribution is -2.28. The molecule has 5 heteroatoms. The Bertz CT molecular complexity index is 511. The molecule has 17 heavy (non-hydrogen) atoms. The zero-order valence-corrected chi connectivity index (χ0v) is 10.8. The van der Waals surface area contributed by atoms with Gasteiger partial charge < -0.3 is 4.74 Å². The van der Waals surface area contributed by atoms with E-state index >= 15 is 0 Å². The van der Waals surface area contributed by atoms with Crippen LogP contribution in [-0.2, 0) is 0 Å². The van der Waals surface area contributed by atoms with E-state index in [0.29, 0.717) is 5.75 Å². The molecule has 1 atom stereocenters. The zero-order valence-electron chi connectivity index (χ0n) is 9.21. The number of hydrogen-bond acceptors (Lipinski definition) is 3. The van der Waals surface area contributed by atoms with E-state index in [1.165, 1.54) is 10.9 Å². The summed E-state index contributed by atoms with van der Waals surface area (Å²) in [4.78, 5) is 15.7. The minimum absolute atomic E-state index is 0.150. The van der Waals surface area contributed by atoms with Gasteiger partial charge >= 0.3 is 0 Å². The Morgan fingerprint density at radius 3 is 3.00 bits per heavy atom. The fourth-order valence-corrected chi connectivity index (χ4v) is 1.77. The minimum Gasteiger partial charge on any atom is -0.481 e. The summed E-state index contributed by atoms with van der Waals surface area (Å²) in [6, 6.07) is 7.38. The normalized spacial score (nSPS) is 12.1. The van der Waals surface area contributed by atoms with Crippen LogP contribution in [0.1, 0.15) is 11.7 Å². The van der Waals surface area contributed by atoms with Crippen LogP contribution in [-0.4, -0.2) is 21.6 Å². The smallest absolute Gasteiger partial charge is 0.272 e. The lowest BCUT2D eigenvalue weighted by Gasteiger charge is -2.13. The Hall–Kier alpha value is -1.62. The molecule has 0 aliphatic heterocycles. The highest BCUT2D eigenvalue weighted by Gasteiger charge is 2.16. The number of carbonyl (C=O) groups excluding carboxylic acids is 1. The van der Waals surface area contributed by atoms with Gasteiger partial charge in [-0.2, -0.15) is 0 Å². The van der Waals surface area contributed by atoms with Crippen LogP contribution in [0.4, 0.5) is 0 Å². The molecule has 1 heterocycles. The van der Waals surface area contributed by atoms with Crippen LogP contribution in [0.25, 0.3) is 0 Å². The lowest BCUT2D eigenvalue weighted by molar-refractivity contribution is 0.0727. The van der Waals surface area contributed by atoms with Gasteiger partial charge in [-0.05, 0) is 25.1 Å². The van der Waals surface area contributed by atoms with Crippen LogP contribution >= 0.6 is 15.9 Å². The second kappa shape index (κ2) is 5.14. The first-order valence-electron chi connectivity index (χ1n) is 5.11. The predicted octanol–water partition coefficient (Wildman–Crippen LogP) is 2.75. The summed E-state index contributed by atoms with van der Waals surface area (Å²) in [5.74, 6) is 0.503. The number of imidazole rings is 1. The summed E-state index contributed by atoms with van der Waals surface area (Å²) in [6.07, 6.45) is 4.06. The van der Waals surface area contributed by atoms with E-state index in [-0.39, 0.29) is 5.91 Å². The molecule has 0 amide bonds. The zero-order chi connectivity index (χ0) is 12.3. The van der Waals surface area contributed by atoms with Gasteiger partial charge in [0.05, 0.1) is 0 Å². The Kier molecular flexibility index (Phi) is 3.58. The summed E-state index contributed by atoms with van der Waals surface area (Å²) in [6.45, 7) is 1.71. The maximum Gasteiger partial charge on any atom is 0.272 e. The molecule has 4 nitrogen and oxygen atoms in total. The third-order valence-corrected chi connectivity index (χ3v) is 2.71. The topological polar surface area (TPSA) is 44.1 Å². The fraction of sp³-hybridized carbons (Fsp3) is 0.167. The number of rotatable bonds is 3. The van der Waals surface area contributed by atoms with Crippen molar-refractivity contribution in [2.45, 2.75) is 13.0 Å². The second-order valence-corrected chi connectivity index (χ2v) is 4.44. The molecule has 1 aromatic heterocycles. The van der Waals surface area contributed by atoms with Gasteiger partial charge in [0, 0.05) is 16.9 Å². The molecular weight excluding hydrogens is 284 g/mol. The van der Waals surface area contributed by atoms with Gasteiger partial charge in [-0.15, -0.1) is 0 Å². The maximum absolute atomic E-state index is 11.9. The van der Waals surface area contributed by atoms with E-state index in [0.717, 1.165) is 4.47 Å². The number of hydrogen-bond donors (Lipinski definition) is 0. The molecular formula is C12H11BrN2O2. The van der Waals surface area contributed by atoms with Crippen molar-refractivity contribution >= 4 is 21.8 Å². The summed E-state index contributed by atoms with van der Waals surface area (Å²) in [5.41, 5.74) is 0. The van der Waals surface area contributed by atoms with Crippen molar-refractivity contribution in [1.82, 2.24) is 9.55 Å². The monoisotopic (exact) mass is 294 g/mol. The van der Waals surface area contributed by atoms with Gasteiger partial charge in [0.2, 0.25) is 0 Å². The van der Waals surface area contributed by atoms with E-state index in [4.69, 9.17) is 4.74 Å². The van der Waals surface area contributed by atoms with Crippen molar-refractivity contribution in [3.05, 3.63) is 47.5 Å². The number of carbonyl (C=O) groups is 1. The van der Waals surface area contributed by atoms with Crippen molar-refractivity contribution in [3.63, 3.8) is 0 Å². The van der Waals surface area contributed by atoms with E-state index in [9.17, 15) is 4.79 Å². The average molecular weight is 295 g/mol. The summed E-state index contributed by atoms with van der Waals surface area (Å²) >= 11 is 3.35. The molecule has 0 bridgehead atoms. The first-order chi connectivity index (χ1) is 8.16. The molecule has 1 unspecified atom stereocenters. The van der Waals surface area contributed by atoms with Gasteiger partial charge in [0.15, 0.2) is 6.10 Å². The molecule has 88 valence electrons. The third kappa shape index (κ3) is 2.94. The van der Waals surface area contributed by atoms with Crippen LogP contribution in [0.15, 0.2) is 47.5 Å². The highest BCUT2D eigenvalue weighted by atomic mass is 79.9. The average Bonchev–Trinajstić information content (AvgIpc) is 2.81. The van der Waals surface area contributed by atoms with Crippen LogP contribution in [0.3, 0.4) is 0 Å². The van der Waals surface area contributed by atoms with E-state index in [2.05, 4.69) is 20.9 Å². The molecule has 1 aromatic carbocycles. The Morgan fingerprint density at radius 2 is 2.35 bits per heavy atom. The number of ether oxygens (including phenoxy) is 1. The fourth-order valence-electron chi connectivity index (χ4n) is 1.39. The van der Waals surface area contributed by atoms with Crippen molar-refractivity contribution in [2.24, 2.45) is 0 Å². The summed E-state index contributed by atoms with van der Waals surface area (Å²) in [5, 5.41) is 0. The van der Waals surface area contributed by atoms with Crippen molar-refractivity contribution in [3.8, 4) is 5.75 Å². The molecule has 0 radical (unpaired) electrons. The SMILES string of the molecule is CC(Oc1cccc(Br)c1)C(=O)n1ccnc1. The summed E-state index contributed by atoms with van der Waals surface area (Å²) < 4.78 is 7.87. The lowest BCUT2D eigenvalue weighted by atomic mass is 10.3. The molecule has 0 saturated heterocycles. The van der Waals surface area contributed by atoms with Gasteiger partial charge in [-0.25, -0.2) is 4.98 Å². The first-order valence-corrected chi connectivity index (χ1v) is 5.90. The van der Waals surface area contributed by atoms with Gasteiger partial charge in [-0.3, -0.25) is 9.36 Å².